The lowest BCUT2D eigenvalue weighted by Gasteiger charge is -2.22. The third-order valence-corrected chi connectivity index (χ3v) is 6.17. The molecule has 0 saturated heterocycles. The molecule has 0 bridgehead atoms. The highest BCUT2D eigenvalue weighted by Gasteiger charge is 2.23. The second-order valence-corrected chi connectivity index (χ2v) is 10.1. The lowest BCUT2D eigenvalue weighted by Crippen LogP contribution is -2.29. The number of fused-ring (bicyclic) bond motifs is 2. The Morgan fingerprint density at radius 3 is 2.69 bits per heavy atom. The number of nitrogens with one attached hydrogen (secondary N) is 4. The van der Waals surface area contributed by atoms with Crippen molar-refractivity contribution in [1.82, 2.24) is 30.7 Å². The molecule has 0 spiro atoms. The van der Waals surface area contributed by atoms with Crippen molar-refractivity contribution in [3.05, 3.63) is 96.3 Å². The number of nitrogens with zero attached hydrogens (tertiary/aromatic N) is 5. The number of benzene rings is 2. The van der Waals surface area contributed by atoms with E-state index in [4.69, 9.17) is 9.94 Å². The van der Waals surface area contributed by atoms with E-state index in [-0.39, 0.29) is 5.41 Å². The second kappa shape index (κ2) is 9.53. The molecule has 2 aromatic carbocycles. The van der Waals surface area contributed by atoms with Gasteiger partial charge in [-0.3, -0.25) is 15.7 Å². The van der Waals surface area contributed by atoms with Gasteiger partial charge in [0.2, 0.25) is 0 Å². The average molecular weight is 522 g/mol. The summed E-state index contributed by atoms with van der Waals surface area (Å²) in [6.45, 7) is 6.24. The molecule has 4 aromatic rings. The van der Waals surface area contributed by atoms with Crippen LogP contribution in [0.15, 0.2) is 95.6 Å². The van der Waals surface area contributed by atoms with Crippen LogP contribution in [0, 0.1) is 0 Å². The first-order valence-electron chi connectivity index (χ1n) is 12.4. The summed E-state index contributed by atoms with van der Waals surface area (Å²) in [6, 6.07) is 18.4. The van der Waals surface area contributed by atoms with Gasteiger partial charge in [0.1, 0.15) is 23.6 Å². The minimum atomic E-state index is -0.393. The van der Waals surface area contributed by atoms with Crippen molar-refractivity contribution in [2.45, 2.75) is 26.2 Å². The molecule has 0 radical (unpaired) electrons. The molecule has 0 atom stereocenters. The Morgan fingerprint density at radius 2 is 1.87 bits per heavy atom. The summed E-state index contributed by atoms with van der Waals surface area (Å²) < 4.78 is 1.73. The number of hydroxylamine groups is 2. The number of amides is 2. The molecule has 0 unspecified atom stereocenters. The Hall–Kier alpha value is -5.32. The van der Waals surface area contributed by atoms with E-state index in [2.05, 4.69) is 52.2 Å². The minimum absolute atomic E-state index is 0.209. The molecule has 4 N–H and O–H groups in total. The van der Waals surface area contributed by atoms with Gasteiger partial charge in [-0.15, -0.1) is 0 Å². The van der Waals surface area contributed by atoms with Crippen molar-refractivity contribution in [1.29, 1.82) is 0 Å². The Kier molecular flexibility index (Phi) is 5.87. The van der Waals surface area contributed by atoms with E-state index in [0.717, 1.165) is 33.7 Å². The summed E-state index contributed by atoms with van der Waals surface area (Å²) in [6.07, 6.45) is 6.81. The highest BCUT2D eigenvalue weighted by atomic mass is 16.7. The molecule has 11 nitrogen and oxygen atoms in total. The van der Waals surface area contributed by atoms with Gasteiger partial charge in [0, 0.05) is 35.0 Å². The first-order valence-corrected chi connectivity index (χ1v) is 12.4. The molecular weight excluding hydrogens is 494 g/mol. The van der Waals surface area contributed by atoms with E-state index in [1.54, 1.807) is 58.9 Å². The molecule has 2 amide bonds. The van der Waals surface area contributed by atoms with E-state index < -0.39 is 6.03 Å². The number of aromatic nitrogens is 3. The number of carbonyl (C=O) groups is 1. The van der Waals surface area contributed by atoms with E-state index in [9.17, 15) is 4.79 Å². The van der Waals surface area contributed by atoms with Crippen LogP contribution in [0.1, 0.15) is 26.5 Å². The lowest BCUT2D eigenvalue weighted by atomic mass is 9.92. The third kappa shape index (κ3) is 4.97. The number of hydrogen-bond donors (Lipinski definition) is 4. The van der Waals surface area contributed by atoms with E-state index in [1.165, 1.54) is 0 Å². The Morgan fingerprint density at radius 1 is 1.03 bits per heavy atom. The molecule has 6 rings (SSSR count). The number of urea groups is 1. The van der Waals surface area contributed by atoms with Gasteiger partial charge in [-0.1, -0.05) is 32.9 Å². The monoisotopic (exact) mass is 521 g/mol. The van der Waals surface area contributed by atoms with Gasteiger partial charge in [-0.05, 0) is 42.5 Å². The first-order chi connectivity index (χ1) is 18.8. The maximum absolute atomic E-state index is 13.0. The topological polar surface area (TPSA) is 121 Å². The Bertz CT molecular complexity index is 1650. The number of rotatable bonds is 5. The van der Waals surface area contributed by atoms with Gasteiger partial charge >= 0.3 is 6.03 Å². The maximum Gasteiger partial charge on any atom is 0.324 e. The predicted octanol–water partition coefficient (Wildman–Crippen LogP) is 4.79. The fourth-order valence-corrected chi connectivity index (χ4v) is 4.12. The highest BCUT2D eigenvalue weighted by molar-refractivity contribution is 5.99. The average Bonchev–Trinajstić information content (AvgIpc) is 3.58. The van der Waals surface area contributed by atoms with Crippen molar-refractivity contribution >= 4 is 34.8 Å². The molecular formula is C28H27N9O2. The fourth-order valence-electron chi connectivity index (χ4n) is 4.12. The molecule has 0 fully saturated rings. The Labute approximate surface area is 224 Å². The predicted molar refractivity (Wildman–Crippen MR) is 150 cm³/mol. The number of hydrazine groups is 1. The maximum atomic E-state index is 13.0. The zero-order valence-electron chi connectivity index (χ0n) is 21.6. The SMILES string of the molecule is CC(C)(C)c1cc(NC(=O)Nc2ccc(ON3C=NC=C4NNC=C43)cc2)n(-c2ccc3cccnc3c2)n1. The van der Waals surface area contributed by atoms with Crippen molar-refractivity contribution in [2.75, 3.05) is 10.6 Å². The van der Waals surface area contributed by atoms with Gasteiger partial charge in [0.15, 0.2) is 5.75 Å². The number of aliphatic imine (C=N–C) groups is 1. The number of anilines is 2. The van der Waals surface area contributed by atoms with Crippen molar-refractivity contribution < 1.29 is 9.63 Å². The second-order valence-electron chi connectivity index (χ2n) is 10.1. The van der Waals surface area contributed by atoms with Gasteiger partial charge in [0.05, 0.1) is 23.1 Å². The number of hydrogen-bond acceptors (Lipinski definition) is 8. The zero-order chi connectivity index (χ0) is 27.0. The fraction of sp³-hybridized carbons (Fsp3) is 0.143. The van der Waals surface area contributed by atoms with Crippen molar-refractivity contribution in [3.63, 3.8) is 0 Å². The van der Waals surface area contributed by atoms with Crippen LogP contribution < -0.4 is 26.3 Å². The normalized spacial score (nSPS) is 14.2. The van der Waals surface area contributed by atoms with Crippen LogP contribution in [0.2, 0.25) is 0 Å². The van der Waals surface area contributed by atoms with Crippen molar-refractivity contribution in [3.8, 4) is 11.4 Å². The summed E-state index contributed by atoms with van der Waals surface area (Å²) in [4.78, 5) is 27.5. The summed E-state index contributed by atoms with van der Waals surface area (Å²) in [5, 5.41) is 13.2. The van der Waals surface area contributed by atoms with Gasteiger partial charge in [-0.25, -0.2) is 14.5 Å². The summed E-state index contributed by atoms with van der Waals surface area (Å²) in [5.74, 6) is 1.13. The van der Waals surface area contributed by atoms with E-state index >= 15 is 0 Å². The summed E-state index contributed by atoms with van der Waals surface area (Å²) in [5.41, 5.74) is 10.4. The summed E-state index contributed by atoms with van der Waals surface area (Å²) >= 11 is 0. The van der Waals surface area contributed by atoms with Gasteiger partial charge in [-0.2, -0.15) is 10.2 Å². The molecule has 4 heterocycles. The largest absolute Gasteiger partial charge is 0.374 e. The lowest BCUT2D eigenvalue weighted by molar-refractivity contribution is 0.0646. The molecule has 2 aromatic heterocycles. The molecule has 39 heavy (non-hydrogen) atoms. The van der Waals surface area contributed by atoms with E-state index in [0.29, 0.717) is 17.3 Å². The molecule has 11 heteroatoms. The van der Waals surface area contributed by atoms with Crippen molar-refractivity contribution in [2.24, 2.45) is 4.99 Å². The highest BCUT2D eigenvalue weighted by Crippen LogP contribution is 2.28. The zero-order valence-corrected chi connectivity index (χ0v) is 21.6. The molecule has 0 aliphatic carbocycles. The summed E-state index contributed by atoms with van der Waals surface area (Å²) in [7, 11) is 0. The number of carbonyl (C=O) groups excluding carboxylic acids is 1. The van der Waals surface area contributed by atoms with Gasteiger partial charge < -0.3 is 15.6 Å². The van der Waals surface area contributed by atoms with Crippen LogP contribution in [0.3, 0.4) is 0 Å². The van der Waals surface area contributed by atoms with Crippen LogP contribution >= 0.6 is 0 Å². The standard InChI is InChI=1S/C28H27N9O2/c1-28(2,3)25-14-26(37(35-25)20-9-6-18-5-4-12-30-22(18)13-20)33-27(38)32-19-7-10-21(11-8-19)39-36-17-29-15-23-24(36)16-31-34-23/h4-17,31,34H,1-3H3,(H2,32,33,38). The van der Waals surface area contributed by atoms with E-state index in [1.807, 2.05) is 36.4 Å². The molecule has 2 aliphatic rings. The van der Waals surface area contributed by atoms with Crippen LogP contribution in [0.5, 0.6) is 5.75 Å². The number of pyridine rings is 1. The molecule has 196 valence electrons. The van der Waals surface area contributed by atoms with Gasteiger partial charge in [0.25, 0.3) is 0 Å². The third-order valence-electron chi connectivity index (χ3n) is 6.17. The van der Waals surface area contributed by atoms with Crippen LogP contribution in [-0.2, 0) is 5.41 Å². The Balaban J connectivity index is 1.18. The van der Waals surface area contributed by atoms with Crippen LogP contribution in [0.4, 0.5) is 16.3 Å². The minimum Gasteiger partial charge on any atom is -0.374 e. The molecule has 0 saturated carbocycles. The van der Waals surface area contributed by atoms with Crippen LogP contribution in [0.25, 0.3) is 16.6 Å². The quantitative estimate of drug-likeness (QED) is 0.298. The smallest absolute Gasteiger partial charge is 0.324 e. The first kappa shape index (κ1) is 24.0. The molecule has 2 aliphatic heterocycles. The van der Waals surface area contributed by atoms with Crippen LogP contribution in [-0.4, -0.2) is 32.2 Å².